The van der Waals surface area contributed by atoms with Crippen LogP contribution in [0.2, 0.25) is 18.1 Å². The van der Waals surface area contributed by atoms with Crippen molar-refractivity contribution in [3.63, 3.8) is 0 Å². The van der Waals surface area contributed by atoms with Crippen LogP contribution in [-0.2, 0) is 23.4 Å². The van der Waals surface area contributed by atoms with Crippen molar-refractivity contribution >= 4 is 14.3 Å². The van der Waals surface area contributed by atoms with Crippen LogP contribution in [0.4, 0.5) is 0 Å². The molecule has 9 nitrogen and oxygen atoms in total. The molecule has 0 radical (unpaired) electrons. The van der Waals surface area contributed by atoms with Gasteiger partial charge >= 0.3 is 5.97 Å². The largest absolute Gasteiger partial charge is 0.457 e. The summed E-state index contributed by atoms with van der Waals surface area (Å²) in [6.07, 6.45) is 18.0. The molecule has 2 saturated heterocycles. The maximum absolute atomic E-state index is 14.0. The molecule has 2 fully saturated rings. The second-order valence-electron chi connectivity index (χ2n) is 18.3. The number of ether oxygens (including phenoxy) is 3. The smallest absolute Gasteiger partial charge is 0.308 e. The molecule has 8 unspecified atom stereocenters. The van der Waals surface area contributed by atoms with Gasteiger partial charge in [-0.1, -0.05) is 70.6 Å². The summed E-state index contributed by atoms with van der Waals surface area (Å²) < 4.78 is 25.9. The molecule has 0 aromatic carbocycles. The lowest BCUT2D eigenvalue weighted by Crippen LogP contribution is -2.49. The number of aromatic nitrogens is 1. The maximum Gasteiger partial charge on any atom is 0.308 e. The normalized spacial score (nSPS) is 29.9. The molecule has 3 aliphatic heterocycles. The number of allylic oxidation sites excluding steroid dienone is 3. The topological polar surface area (TPSA) is 102 Å². The van der Waals surface area contributed by atoms with E-state index in [4.69, 9.17) is 18.6 Å². The lowest BCUT2D eigenvalue weighted by atomic mass is 9.88. The highest BCUT2D eigenvalue weighted by molar-refractivity contribution is 6.74. The number of carbonyl (C=O) groups is 1. The molecule has 0 spiro atoms. The fourth-order valence-corrected chi connectivity index (χ4v) is 11.0. The Morgan fingerprint density at radius 3 is 2.61 bits per heavy atom. The molecule has 2 N–H and O–H groups in total. The summed E-state index contributed by atoms with van der Waals surface area (Å²) in [4.78, 5) is 21.3. The molecule has 10 heteroatoms. The lowest BCUT2D eigenvalue weighted by Gasteiger charge is -2.45. The Morgan fingerprint density at radius 1 is 1.16 bits per heavy atom. The quantitative estimate of drug-likeness (QED) is 0.0628. The Morgan fingerprint density at radius 2 is 1.91 bits per heavy atom. The molecule has 1 aromatic rings. The molecule has 0 saturated carbocycles. The van der Waals surface area contributed by atoms with Crippen LogP contribution in [0.5, 0.6) is 0 Å². The number of aliphatic hydroxyl groups excluding tert-OH is 1. The Labute approximate surface area is 341 Å². The first-order valence-corrected chi connectivity index (χ1v) is 24.7. The van der Waals surface area contributed by atoms with Gasteiger partial charge in [-0.25, -0.2) is 0 Å². The minimum Gasteiger partial charge on any atom is -0.457 e. The van der Waals surface area contributed by atoms with Crippen molar-refractivity contribution in [3.05, 3.63) is 66.0 Å². The standard InChI is InChI=1S/C46H77N3O6Si/c1-11-52-37(5)54-46(8)26-23-40(55-56(9,10)45(6,7)32-38-19-13-15-30-49(33-38)39-24-28-47-29-25-39)31-43(51)53-44(36(4)21-22-42(46)50)35(3)18-16-17-34(2)41-20-12-14-27-48-41/h12,14,16-18,20-22,27,34,36-40,42,44,47,50H,11,13,15,19,23-26,28-33H2,1-10H3. The zero-order valence-corrected chi connectivity index (χ0v) is 37.6. The molecule has 0 aliphatic carbocycles. The summed E-state index contributed by atoms with van der Waals surface area (Å²) in [5.41, 5.74) is 0.959. The number of hydrogen-bond donors (Lipinski definition) is 2. The zero-order chi connectivity index (χ0) is 40.9. The fraction of sp³-hybridized carbons (Fsp3) is 0.739. The van der Waals surface area contributed by atoms with Crippen molar-refractivity contribution in [3.8, 4) is 0 Å². The average molecular weight is 796 g/mol. The van der Waals surface area contributed by atoms with Gasteiger partial charge in [-0.15, -0.1) is 0 Å². The number of likely N-dealkylation sites (tertiary alicyclic amines) is 1. The van der Waals surface area contributed by atoms with Gasteiger partial charge in [-0.3, -0.25) is 9.78 Å². The number of hydrogen-bond acceptors (Lipinski definition) is 9. The van der Waals surface area contributed by atoms with E-state index >= 15 is 0 Å². The second-order valence-corrected chi connectivity index (χ2v) is 22.9. The average Bonchev–Trinajstić information content (AvgIpc) is 3.40. The fourth-order valence-electron chi connectivity index (χ4n) is 8.84. The van der Waals surface area contributed by atoms with E-state index in [2.05, 4.69) is 55.1 Å². The van der Waals surface area contributed by atoms with Crippen LogP contribution < -0.4 is 5.32 Å². The summed E-state index contributed by atoms with van der Waals surface area (Å²) in [6.45, 7) is 26.5. The van der Waals surface area contributed by atoms with Gasteiger partial charge in [0.25, 0.3) is 0 Å². The van der Waals surface area contributed by atoms with E-state index in [0.29, 0.717) is 31.4 Å². The summed E-state index contributed by atoms with van der Waals surface area (Å²) in [5, 5.41) is 15.3. The first-order chi connectivity index (χ1) is 26.5. The van der Waals surface area contributed by atoms with E-state index in [1.54, 1.807) is 6.08 Å². The Kier molecular flexibility index (Phi) is 18.0. The highest BCUT2D eigenvalue weighted by Gasteiger charge is 2.46. The molecule has 4 heterocycles. The van der Waals surface area contributed by atoms with Crippen molar-refractivity contribution in [2.75, 3.05) is 32.8 Å². The Balaban J connectivity index is 1.57. The number of piperidine rings is 1. The number of aliphatic hydroxyl groups is 1. The van der Waals surface area contributed by atoms with Gasteiger partial charge in [-0.05, 0) is 134 Å². The molecule has 3 aliphatic rings. The second kappa shape index (κ2) is 21.7. The third-order valence-electron chi connectivity index (χ3n) is 13.0. The van der Waals surface area contributed by atoms with Crippen LogP contribution in [0.3, 0.4) is 0 Å². The molecule has 0 amide bonds. The van der Waals surface area contributed by atoms with Gasteiger partial charge in [0.1, 0.15) is 12.2 Å². The van der Waals surface area contributed by atoms with Crippen molar-refractivity contribution < 1.29 is 28.5 Å². The van der Waals surface area contributed by atoms with E-state index < -0.39 is 32.4 Å². The predicted octanol–water partition coefficient (Wildman–Crippen LogP) is 9.11. The lowest BCUT2D eigenvalue weighted by molar-refractivity contribution is -0.221. The van der Waals surface area contributed by atoms with Crippen LogP contribution >= 0.6 is 0 Å². The number of cyclic esters (lactones) is 1. The summed E-state index contributed by atoms with van der Waals surface area (Å²) in [7, 11) is -2.42. The monoisotopic (exact) mass is 796 g/mol. The molecular weight excluding hydrogens is 719 g/mol. The van der Waals surface area contributed by atoms with Crippen LogP contribution in [0, 0.1) is 11.8 Å². The number of nitrogens with one attached hydrogen (secondary N) is 1. The first-order valence-electron chi connectivity index (χ1n) is 21.8. The van der Waals surface area contributed by atoms with E-state index in [1.807, 2.05) is 77.2 Å². The van der Waals surface area contributed by atoms with Gasteiger partial charge < -0.3 is 34.0 Å². The predicted molar refractivity (Wildman–Crippen MR) is 230 cm³/mol. The van der Waals surface area contributed by atoms with E-state index in [0.717, 1.165) is 37.3 Å². The van der Waals surface area contributed by atoms with Crippen molar-refractivity contribution in [1.82, 2.24) is 15.2 Å². The molecule has 8 atom stereocenters. The van der Waals surface area contributed by atoms with E-state index in [9.17, 15) is 9.90 Å². The molecule has 0 bridgehead atoms. The molecule has 4 rings (SSSR count). The number of esters is 1. The minimum atomic E-state index is -2.42. The Bertz CT molecular complexity index is 1430. The SMILES string of the molecule is CCOC(C)OC1(C)CCC(O[Si](C)(C)C(C)(C)CC2CCCCN(C3CCNCC3)C2)CC(=O)OC(C(C)=CC=CC(C)c2ccccn2)C(C)C=CC1O. The molecule has 1 aromatic heterocycles. The number of carbonyl (C=O) groups excluding carboxylic acids is 1. The number of rotatable bonds is 14. The first kappa shape index (κ1) is 46.5. The van der Waals surface area contributed by atoms with Crippen molar-refractivity contribution in [1.29, 1.82) is 0 Å². The van der Waals surface area contributed by atoms with Gasteiger partial charge in [0.05, 0.1) is 18.1 Å². The summed E-state index contributed by atoms with van der Waals surface area (Å²) >= 11 is 0. The zero-order valence-electron chi connectivity index (χ0n) is 36.6. The van der Waals surface area contributed by atoms with Crippen LogP contribution in [-0.4, -0.2) is 98.3 Å². The van der Waals surface area contributed by atoms with Crippen LogP contribution in [0.15, 0.2) is 60.3 Å². The highest BCUT2D eigenvalue weighted by atomic mass is 28.4. The number of nitrogens with zero attached hydrogens (tertiary/aromatic N) is 2. The summed E-state index contributed by atoms with van der Waals surface area (Å²) in [6, 6.07) is 6.63. The minimum absolute atomic E-state index is 0.0317. The van der Waals surface area contributed by atoms with Gasteiger partial charge in [0, 0.05) is 42.9 Å². The van der Waals surface area contributed by atoms with Crippen LogP contribution in [0.1, 0.15) is 125 Å². The van der Waals surface area contributed by atoms with Gasteiger partial charge in [0.2, 0.25) is 0 Å². The van der Waals surface area contributed by atoms with Gasteiger partial charge in [0.15, 0.2) is 14.6 Å². The molecule has 316 valence electrons. The van der Waals surface area contributed by atoms with Crippen LogP contribution in [0.25, 0.3) is 0 Å². The van der Waals surface area contributed by atoms with E-state index in [1.165, 1.54) is 38.6 Å². The van der Waals surface area contributed by atoms with Gasteiger partial charge in [-0.2, -0.15) is 0 Å². The van der Waals surface area contributed by atoms with Crippen molar-refractivity contribution in [2.24, 2.45) is 11.8 Å². The molecular formula is C46H77N3O6Si. The third kappa shape index (κ3) is 13.7. The highest BCUT2D eigenvalue weighted by Crippen LogP contribution is 2.46. The van der Waals surface area contributed by atoms with Crippen molar-refractivity contribution in [2.45, 2.75) is 173 Å². The molecule has 56 heavy (non-hydrogen) atoms. The Hall–Kier alpha value is -2.18. The summed E-state index contributed by atoms with van der Waals surface area (Å²) in [5.74, 6) is 0.284. The number of pyridine rings is 1. The van der Waals surface area contributed by atoms with E-state index in [-0.39, 0.29) is 35.4 Å². The third-order valence-corrected chi connectivity index (χ3v) is 17.4. The maximum atomic E-state index is 14.0.